The maximum absolute atomic E-state index is 16.2. The third kappa shape index (κ3) is 5.30. The van der Waals surface area contributed by atoms with E-state index in [9.17, 15) is 14.4 Å². The van der Waals surface area contributed by atoms with E-state index in [1.165, 1.54) is 12.3 Å². The van der Waals surface area contributed by atoms with Crippen molar-refractivity contribution >= 4 is 46.6 Å². The number of primary amides is 1. The molecule has 12 heteroatoms. The fourth-order valence-electron chi connectivity index (χ4n) is 7.75. The van der Waals surface area contributed by atoms with E-state index in [0.717, 1.165) is 25.7 Å². The number of hydrogen-bond donors (Lipinski definition) is 4. The molecular formula is C31H36Cl2FN5O4. The maximum Gasteiger partial charge on any atom is 0.246 e. The van der Waals surface area contributed by atoms with Crippen molar-refractivity contribution in [2.24, 2.45) is 11.1 Å². The van der Waals surface area contributed by atoms with Crippen LogP contribution in [-0.4, -0.2) is 53.0 Å². The standard InChI is InChI=1S/C31H36Cl2FN5O4/c1-29(2)8-10-30(11-9-29)15-31(19-7-12-36-25(33)23(19)34,22-18-5-3-16(32)13-20(18)38-27(22)41)24(39-30)28(42)37-17-4-6-21(26(35)40)43-14-17/h3,5,7,12-13,17,21-22,24,39H,4,6,8-11,14-15H2,1-2H3,(H2,35,40)(H,37,42)(H,38,41)/t17-,21+,22?,24+,31+/m1/s1. The number of carbonyl (C=O) groups is 3. The van der Waals surface area contributed by atoms with Crippen molar-refractivity contribution in [1.82, 2.24) is 15.6 Å². The van der Waals surface area contributed by atoms with E-state index >= 15 is 4.39 Å². The third-order valence-electron chi connectivity index (χ3n) is 10.1. The number of halogens is 3. The van der Waals surface area contributed by atoms with Crippen LogP contribution in [0.5, 0.6) is 0 Å². The van der Waals surface area contributed by atoms with E-state index in [-0.39, 0.29) is 40.6 Å². The summed E-state index contributed by atoms with van der Waals surface area (Å²) in [7, 11) is 0. The van der Waals surface area contributed by atoms with Crippen LogP contribution in [0.15, 0.2) is 30.5 Å². The van der Waals surface area contributed by atoms with E-state index in [2.05, 4.69) is 34.8 Å². The SMILES string of the molecule is CC1(C)CCC2(CC1)C[C@](c1ccnc(Cl)c1F)(C1C(=O)Nc3cc(Cl)ccc31)[C@H](C(=O)N[C@@H]1CC[C@@H](C(N)=O)OC1)N2. The van der Waals surface area contributed by atoms with Gasteiger partial charge < -0.3 is 21.1 Å². The van der Waals surface area contributed by atoms with Crippen LogP contribution in [0.2, 0.25) is 10.2 Å². The van der Waals surface area contributed by atoms with E-state index in [1.807, 2.05) is 0 Å². The molecule has 3 aliphatic heterocycles. The number of fused-ring (bicyclic) bond motifs is 1. The molecule has 1 aromatic carbocycles. The van der Waals surface area contributed by atoms with Gasteiger partial charge >= 0.3 is 0 Å². The van der Waals surface area contributed by atoms with Crippen molar-refractivity contribution in [1.29, 1.82) is 0 Å². The molecule has 1 aromatic heterocycles. The van der Waals surface area contributed by atoms with Crippen LogP contribution in [0.25, 0.3) is 0 Å². The lowest BCUT2D eigenvalue weighted by molar-refractivity contribution is -0.134. The minimum absolute atomic E-state index is 0.110. The van der Waals surface area contributed by atoms with Gasteiger partial charge in [0.2, 0.25) is 17.7 Å². The average molecular weight is 633 g/mol. The van der Waals surface area contributed by atoms with Gasteiger partial charge in [0.25, 0.3) is 0 Å². The molecule has 0 radical (unpaired) electrons. The van der Waals surface area contributed by atoms with Gasteiger partial charge in [0.15, 0.2) is 11.0 Å². The molecule has 1 spiro atoms. The number of benzene rings is 1. The molecule has 5 atom stereocenters. The normalized spacial score (nSPS) is 31.0. The Bertz CT molecular complexity index is 1470. The number of hydrogen-bond acceptors (Lipinski definition) is 6. The monoisotopic (exact) mass is 631 g/mol. The Morgan fingerprint density at radius 3 is 2.56 bits per heavy atom. The predicted octanol–water partition coefficient (Wildman–Crippen LogP) is 4.35. The quantitative estimate of drug-likeness (QED) is 0.362. The molecule has 3 amide bonds. The molecule has 4 aliphatic rings. The first-order valence-corrected chi connectivity index (χ1v) is 15.5. The molecule has 3 fully saturated rings. The Balaban J connectivity index is 1.48. The highest BCUT2D eigenvalue weighted by Gasteiger charge is 2.65. The summed E-state index contributed by atoms with van der Waals surface area (Å²) in [6, 6.07) is 5.28. The number of amides is 3. The van der Waals surface area contributed by atoms with E-state index in [0.29, 0.717) is 35.5 Å². The van der Waals surface area contributed by atoms with E-state index < -0.39 is 40.7 Å². The van der Waals surface area contributed by atoms with Crippen LogP contribution in [0.1, 0.15) is 75.8 Å². The predicted molar refractivity (Wildman–Crippen MR) is 160 cm³/mol. The van der Waals surface area contributed by atoms with Gasteiger partial charge in [0.1, 0.15) is 6.10 Å². The fourth-order valence-corrected chi connectivity index (χ4v) is 8.08. The van der Waals surface area contributed by atoms with Gasteiger partial charge in [-0.25, -0.2) is 9.37 Å². The summed E-state index contributed by atoms with van der Waals surface area (Å²) in [6.45, 7) is 4.56. The Morgan fingerprint density at radius 1 is 1.14 bits per heavy atom. The second-order valence-corrected chi connectivity index (χ2v) is 14.2. The summed E-state index contributed by atoms with van der Waals surface area (Å²) in [4.78, 5) is 44.0. The molecular weight excluding hydrogens is 596 g/mol. The molecule has 1 unspecified atom stereocenters. The lowest BCUT2D eigenvalue weighted by Crippen LogP contribution is -2.59. The Morgan fingerprint density at radius 2 is 1.88 bits per heavy atom. The molecule has 0 bridgehead atoms. The molecule has 5 N–H and O–H groups in total. The second kappa shape index (κ2) is 11.0. The van der Waals surface area contributed by atoms with E-state index in [4.69, 9.17) is 33.7 Å². The average Bonchev–Trinajstić information content (AvgIpc) is 3.47. The number of aromatic nitrogens is 1. The van der Waals surface area contributed by atoms with Gasteiger partial charge in [-0.15, -0.1) is 0 Å². The van der Waals surface area contributed by atoms with Crippen LogP contribution < -0.4 is 21.7 Å². The van der Waals surface area contributed by atoms with Crippen LogP contribution in [0, 0.1) is 11.2 Å². The first kappa shape index (κ1) is 30.2. The lowest BCUT2D eigenvalue weighted by atomic mass is 9.59. The molecule has 1 saturated carbocycles. The fraction of sp³-hybridized carbons (Fsp3) is 0.548. The Hall–Kier alpha value is -2.79. The highest BCUT2D eigenvalue weighted by molar-refractivity contribution is 6.31. The van der Waals surface area contributed by atoms with E-state index in [1.54, 1.807) is 18.2 Å². The van der Waals surface area contributed by atoms with Crippen molar-refractivity contribution in [2.75, 3.05) is 11.9 Å². The first-order valence-electron chi connectivity index (χ1n) is 14.7. The van der Waals surface area contributed by atoms with Crippen LogP contribution >= 0.6 is 23.2 Å². The number of nitrogens with zero attached hydrogens (tertiary/aromatic N) is 1. The summed E-state index contributed by atoms with van der Waals surface area (Å²) in [5.74, 6) is -2.94. The number of pyridine rings is 1. The van der Waals surface area contributed by atoms with Gasteiger partial charge in [-0.2, -0.15) is 0 Å². The van der Waals surface area contributed by atoms with Gasteiger partial charge in [0, 0.05) is 33.4 Å². The van der Waals surface area contributed by atoms with Crippen LogP contribution in [0.4, 0.5) is 10.1 Å². The van der Waals surface area contributed by atoms with Crippen LogP contribution in [0.3, 0.4) is 0 Å². The van der Waals surface area contributed by atoms with Crippen molar-refractivity contribution in [2.45, 2.75) is 93.9 Å². The molecule has 6 rings (SSSR count). The van der Waals surface area contributed by atoms with Crippen molar-refractivity contribution in [3.63, 3.8) is 0 Å². The highest BCUT2D eigenvalue weighted by atomic mass is 35.5. The smallest absolute Gasteiger partial charge is 0.246 e. The van der Waals surface area contributed by atoms with Crippen molar-refractivity contribution in [3.8, 4) is 0 Å². The molecule has 2 aromatic rings. The third-order valence-corrected chi connectivity index (χ3v) is 10.6. The molecule has 2 saturated heterocycles. The van der Waals surface area contributed by atoms with Crippen molar-refractivity contribution in [3.05, 3.63) is 57.6 Å². The van der Waals surface area contributed by atoms with Gasteiger partial charge in [0.05, 0.1) is 24.6 Å². The summed E-state index contributed by atoms with van der Waals surface area (Å²) < 4.78 is 21.9. The molecule has 4 heterocycles. The summed E-state index contributed by atoms with van der Waals surface area (Å²) in [5.41, 5.74) is 4.97. The van der Waals surface area contributed by atoms with Gasteiger partial charge in [-0.05, 0) is 74.1 Å². The summed E-state index contributed by atoms with van der Waals surface area (Å²) in [5, 5.41) is 9.82. The van der Waals surface area contributed by atoms with Gasteiger partial charge in [-0.3, -0.25) is 19.7 Å². The topological polar surface area (TPSA) is 135 Å². The second-order valence-electron chi connectivity index (χ2n) is 13.4. The number of nitrogens with one attached hydrogen (secondary N) is 3. The zero-order valence-corrected chi connectivity index (χ0v) is 25.7. The number of nitrogens with two attached hydrogens (primary N) is 1. The van der Waals surface area contributed by atoms with Gasteiger partial charge in [-0.1, -0.05) is 43.1 Å². The summed E-state index contributed by atoms with van der Waals surface area (Å²) in [6.07, 6.45) is 5.20. The van der Waals surface area contributed by atoms with Crippen LogP contribution in [-0.2, 0) is 24.5 Å². The number of ether oxygens (including phenoxy) is 1. The zero-order valence-electron chi connectivity index (χ0n) is 24.1. The number of carbonyl (C=O) groups excluding carboxylic acids is 3. The largest absolute Gasteiger partial charge is 0.367 e. The molecule has 9 nitrogen and oxygen atoms in total. The molecule has 1 aliphatic carbocycles. The zero-order chi connectivity index (χ0) is 30.7. The Labute approximate surface area is 259 Å². The minimum atomic E-state index is -1.36. The molecule has 43 heavy (non-hydrogen) atoms. The highest BCUT2D eigenvalue weighted by Crippen LogP contribution is 2.59. The number of anilines is 1. The number of rotatable bonds is 5. The summed E-state index contributed by atoms with van der Waals surface area (Å²) >= 11 is 12.6. The Kier molecular flexibility index (Phi) is 7.72. The van der Waals surface area contributed by atoms with Crippen molar-refractivity contribution < 1.29 is 23.5 Å². The maximum atomic E-state index is 16.2. The lowest BCUT2D eigenvalue weighted by Gasteiger charge is -2.43. The minimum Gasteiger partial charge on any atom is -0.367 e. The molecule has 230 valence electrons. The first-order chi connectivity index (χ1) is 20.3.